The first-order valence-electron chi connectivity index (χ1n) is 7.79. The third kappa shape index (κ3) is 4.63. The quantitative estimate of drug-likeness (QED) is 0.832. The van der Waals surface area contributed by atoms with Gasteiger partial charge in [0.2, 0.25) is 0 Å². The third-order valence-electron chi connectivity index (χ3n) is 3.85. The van der Waals surface area contributed by atoms with Gasteiger partial charge in [-0.2, -0.15) is 0 Å². The Balaban J connectivity index is 2.16. The Morgan fingerprint density at radius 2 is 1.74 bits per heavy atom. The molecule has 0 amide bonds. The van der Waals surface area contributed by atoms with Crippen LogP contribution in [0, 0.1) is 12.8 Å². The third-order valence-corrected chi connectivity index (χ3v) is 3.85. The lowest BCUT2D eigenvalue weighted by atomic mass is 9.87. The summed E-state index contributed by atoms with van der Waals surface area (Å²) in [5, 5.41) is 10.5. The van der Waals surface area contributed by atoms with E-state index < -0.39 is 18.0 Å². The van der Waals surface area contributed by atoms with E-state index in [0.29, 0.717) is 0 Å². The van der Waals surface area contributed by atoms with Gasteiger partial charge >= 0.3 is 5.97 Å². The summed E-state index contributed by atoms with van der Waals surface area (Å²) < 4.78 is 5.42. The van der Waals surface area contributed by atoms with Gasteiger partial charge in [-0.05, 0) is 36.1 Å². The predicted molar refractivity (Wildman–Crippen MR) is 88.8 cm³/mol. The van der Waals surface area contributed by atoms with Gasteiger partial charge in [-0.25, -0.2) is 0 Å². The van der Waals surface area contributed by atoms with Crippen molar-refractivity contribution in [1.82, 2.24) is 4.98 Å². The molecule has 2 rings (SSSR count). The Labute approximate surface area is 137 Å². The van der Waals surface area contributed by atoms with Crippen LogP contribution in [-0.2, 0) is 16.1 Å². The Morgan fingerprint density at radius 3 is 2.30 bits per heavy atom. The molecule has 0 spiro atoms. The van der Waals surface area contributed by atoms with Crippen molar-refractivity contribution < 1.29 is 14.6 Å². The van der Waals surface area contributed by atoms with Crippen molar-refractivity contribution >= 4 is 5.97 Å². The maximum atomic E-state index is 12.5. The summed E-state index contributed by atoms with van der Waals surface area (Å²) in [6, 6.07) is 11.2. The number of aryl methyl sites for hydroxylation is 1. The minimum Gasteiger partial charge on any atom is -0.460 e. The number of ether oxygens (including phenoxy) is 1. The summed E-state index contributed by atoms with van der Waals surface area (Å²) in [4.78, 5) is 16.5. The minimum atomic E-state index is -0.789. The van der Waals surface area contributed by atoms with Crippen LogP contribution in [-0.4, -0.2) is 22.2 Å². The monoisotopic (exact) mass is 313 g/mol. The average molecular weight is 313 g/mol. The lowest BCUT2D eigenvalue weighted by Gasteiger charge is -2.24. The normalized spacial score (nSPS) is 13.6. The number of benzene rings is 1. The van der Waals surface area contributed by atoms with Crippen molar-refractivity contribution in [3.05, 3.63) is 65.5 Å². The summed E-state index contributed by atoms with van der Waals surface area (Å²) in [6.07, 6.45) is 2.52. The minimum absolute atomic E-state index is 0.0465. The highest BCUT2D eigenvalue weighted by atomic mass is 16.5. The zero-order chi connectivity index (χ0) is 16.8. The summed E-state index contributed by atoms with van der Waals surface area (Å²) in [6.45, 7) is 5.94. The van der Waals surface area contributed by atoms with Gasteiger partial charge in [-0.1, -0.05) is 43.7 Å². The van der Waals surface area contributed by atoms with Gasteiger partial charge in [0, 0.05) is 12.4 Å². The number of carbonyl (C=O) groups is 1. The first-order valence-corrected chi connectivity index (χ1v) is 7.79. The molecule has 2 unspecified atom stereocenters. The zero-order valence-corrected chi connectivity index (χ0v) is 13.8. The van der Waals surface area contributed by atoms with Crippen molar-refractivity contribution in [1.29, 1.82) is 0 Å². The molecule has 0 fully saturated rings. The standard InChI is InChI=1S/C19H23NO3/c1-13(2)18(21)17(16-6-4-14(3)5-7-16)19(22)23-12-15-8-10-20-11-9-15/h4-11,13,17-18,21H,12H2,1-3H3. The summed E-state index contributed by atoms with van der Waals surface area (Å²) in [7, 11) is 0. The lowest BCUT2D eigenvalue weighted by Crippen LogP contribution is -2.31. The van der Waals surface area contributed by atoms with Crippen LogP contribution in [0.1, 0.15) is 36.5 Å². The van der Waals surface area contributed by atoms with Crippen molar-refractivity contribution in [2.75, 3.05) is 0 Å². The Morgan fingerprint density at radius 1 is 1.13 bits per heavy atom. The van der Waals surface area contributed by atoms with Crippen molar-refractivity contribution in [2.24, 2.45) is 5.92 Å². The van der Waals surface area contributed by atoms with E-state index in [2.05, 4.69) is 4.98 Å². The molecule has 0 aliphatic carbocycles. The van der Waals surface area contributed by atoms with E-state index in [0.717, 1.165) is 16.7 Å². The van der Waals surface area contributed by atoms with Gasteiger partial charge < -0.3 is 9.84 Å². The summed E-state index contributed by atoms with van der Waals surface area (Å²) in [5.74, 6) is -1.14. The van der Waals surface area contributed by atoms with Gasteiger partial charge in [0.05, 0.1) is 6.10 Å². The number of rotatable bonds is 6. The van der Waals surface area contributed by atoms with Crippen molar-refractivity contribution in [3.8, 4) is 0 Å². The number of esters is 1. The molecule has 1 aromatic carbocycles. The highest BCUT2D eigenvalue weighted by Crippen LogP contribution is 2.26. The van der Waals surface area contributed by atoms with E-state index >= 15 is 0 Å². The maximum Gasteiger partial charge on any atom is 0.316 e. The molecule has 0 aliphatic rings. The van der Waals surface area contributed by atoms with Crippen molar-refractivity contribution in [3.63, 3.8) is 0 Å². The van der Waals surface area contributed by atoms with Crippen LogP contribution >= 0.6 is 0 Å². The molecule has 1 heterocycles. The smallest absolute Gasteiger partial charge is 0.316 e. The number of aliphatic hydroxyl groups is 1. The van der Waals surface area contributed by atoms with Crippen LogP contribution in [0.3, 0.4) is 0 Å². The highest BCUT2D eigenvalue weighted by Gasteiger charge is 2.32. The SMILES string of the molecule is Cc1ccc(C(C(=O)OCc2ccncc2)C(O)C(C)C)cc1. The van der Waals surface area contributed by atoms with Gasteiger partial charge in [-0.15, -0.1) is 0 Å². The first kappa shape index (κ1) is 17.2. The van der Waals surface area contributed by atoms with Gasteiger partial charge in [0.1, 0.15) is 12.5 Å². The second-order valence-corrected chi connectivity index (χ2v) is 6.09. The molecule has 0 aliphatic heterocycles. The zero-order valence-electron chi connectivity index (χ0n) is 13.8. The van der Waals surface area contributed by atoms with Gasteiger partial charge in [-0.3, -0.25) is 9.78 Å². The first-order chi connectivity index (χ1) is 11.0. The summed E-state index contributed by atoms with van der Waals surface area (Å²) >= 11 is 0. The number of pyridine rings is 1. The molecule has 4 nitrogen and oxygen atoms in total. The van der Waals surface area contributed by atoms with E-state index in [1.165, 1.54) is 0 Å². The lowest BCUT2D eigenvalue weighted by molar-refractivity contribution is -0.150. The van der Waals surface area contributed by atoms with Crippen LogP contribution in [0.15, 0.2) is 48.8 Å². The van der Waals surface area contributed by atoms with Crippen LogP contribution in [0.2, 0.25) is 0 Å². The van der Waals surface area contributed by atoms with E-state index in [-0.39, 0.29) is 12.5 Å². The fourth-order valence-corrected chi connectivity index (χ4v) is 2.35. The topological polar surface area (TPSA) is 59.4 Å². The van der Waals surface area contributed by atoms with E-state index in [1.54, 1.807) is 24.5 Å². The van der Waals surface area contributed by atoms with Gasteiger partial charge in [0.25, 0.3) is 0 Å². The number of aromatic nitrogens is 1. The Bertz CT molecular complexity index is 623. The number of nitrogens with zero attached hydrogens (tertiary/aromatic N) is 1. The second-order valence-electron chi connectivity index (χ2n) is 6.09. The number of carbonyl (C=O) groups excluding carboxylic acids is 1. The molecule has 1 N–H and O–H groups in total. The molecule has 1 aromatic heterocycles. The van der Waals surface area contributed by atoms with Crippen LogP contribution in [0.4, 0.5) is 0 Å². The van der Waals surface area contributed by atoms with E-state index in [9.17, 15) is 9.90 Å². The van der Waals surface area contributed by atoms with Crippen molar-refractivity contribution in [2.45, 2.75) is 39.4 Å². The number of aliphatic hydroxyl groups excluding tert-OH is 1. The largest absolute Gasteiger partial charge is 0.460 e. The molecule has 0 bridgehead atoms. The Hall–Kier alpha value is -2.20. The molecular weight excluding hydrogens is 290 g/mol. The highest BCUT2D eigenvalue weighted by molar-refractivity contribution is 5.79. The average Bonchev–Trinajstić information content (AvgIpc) is 2.55. The van der Waals surface area contributed by atoms with E-state index in [1.807, 2.05) is 45.0 Å². The van der Waals surface area contributed by atoms with Crippen LogP contribution in [0.5, 0.6) is 0 Å². The molecule has 0 saturated carbocycles. The molecule has 23 heavy (non-hydrogen) atoms. The maximum absolute atomic E-state index is 12.5. The van der Waals surface area contributed by atoms with Crippen LogP contribution < -0.4 is 0 Å². The molecule has 122 valence electrons. The Kier molecular flexibility index (Phi) is 5.88. The predicted octanol–water partition coefficient (Wildman–Crippen LogP) is 3.23. The molecule has 0 saturated heterocycles. The van der Waals surface area contributed by atoms with Gasteiger partial charge in [0.15, 0.2) is 0 Å². The van der Waals surface area contributed by atoms with Crippen LogP contribution in [0.25, 0.3) is 0 Å². The number of hydrogen-bond donors (Lipinski definition) is 1. The number of hydrogen-bond acceptors (Lipinski definition) is 4. The fourth-order valence-electron chi connectivity index (χ4n) is 2.35. The molecule has 0 radical (unpaired) electrons. The van der Waals surface area contributed by atoms with E-state index in [4.69, 9.17) is 4.74 Å². The molecule has 2 aromatic rings. The molecule has 4 heteroatoms. The second kappa shape index (κ2) is 7.88. The molecular formula is C19H23NO3. The fraction of sp³-hybridized carbons (Fsp3) is 0.368. The summed E-state index contributed by atoms with van der Waals surface area (Å²) in [5.41, 5.74) is 2.75. The molecule has 2 atom stereocenters.